The summed E-state index contributed by atoms with van der Waals surface area (Å²) in [5.74, 6) is 1.34. The molecule has 4 heteroatoms. The third kappa shape index (κ3) is 5.23. The van der Waals surface area contributed by atoms with E-state index < -0.39 is 11.8 Å². The summed E-state index contributed by atoms with van der Waals surface area (Å²) in [6.45, 7) is 3.84. The van der Waals surface area contributed by atoms with Gasteiger partial charge in [-0.2, -0.15) is 0 Å². The maximum absolute atomic E-state index is 14.9. The van der Waals surface area contributed by atoms with Crippen molar-refractivity contribution in [3.8, 4) is 5.75 Å². The Morgan fingerprint density at radius 2 is 1.74 bits per heavy atom. The molecule has 0 aliphatic heterocycles. The summed E-state index contributed by atoms with van der Waals surface area (Å²) in [5, 5.41) is 0. The summed E-state index contributed by atoms with van der Waals surface area (Å²) < 4.78 is 33.2. The number of ether oxygens (including phenoxy) is 1. The molecule has 4 atom stereocenters. The first-order valence-electron chi connectivity index (χ1n) is 11.4. The first kappa shape index (κ1) is 21.7. The monoisotopic (exact) mass is 424 g/mol. The van der Waals surface area contributed by atoms with Crippen molar-refractivity contribution >= 4 is 5.97 Å². The van der Waals surface area contributed by atoms with Crippen molar-refractivity contribution in [2.24, 2.45) is 17.8 Å². The average Bonchev–Trinajstić information content (AvgIpc) is 2.78. The van der Waals surface area contributed by atoms with Gasteiger partial charge in [0.05, 0.1) is 5.56 Å². The minimum Gasteiger partial charge on any atom is -0.423 e. The van der Waals surface area contributed by atoms with Crippen molar-refractivity contribution in [2.75, 3.05) is 0 Å². The lowest BCUT2D eigenvalue weighted by Gasteiger charge is -2.42. The van der Waals surface area contributed by atoms with E-state index in [0.29, 0.717) is 11.5 Å². The summed E-state index contributed by atoms with van der Waals surface area (Å²) in [4.78, 5) is 12.3. The maximum atomic E-state index is 14.9. The van der Waals surface area contributed by atoms with E-state index >= 15 is 0 Å². The Morgan fingerprint density at radius 3 is 2.48 bits per heavy atom. The predicted octanol–water partition coefficient (Wildman–Crippen LogP) is 7.45. The van der Waals surface area contributed by atoms with Crippen LogP contribution in [0.15, 0.2) is 55.1 Å². The molecule has 31 heavy (non-hydrogen) atoms. The fraction of sp³-hybridized carbons (Fsp3) is 0.444. The molecule has 0 bridgehead atoms. The van der Waals surface area contributed by atoms with Gasteiger partial charge < -0.3 is 4.74 Å². The summed E-state index contributed by atoms with van der Waals surface area (Å²) >= 11 is 0. The average molecular weight is 425 g/mol. The highest BCUT2D eigenvalue weighted by molar-refractivity contribution is 5.91. The zero-order chi connectivity index (χ0) is 21.8. The zero-order valence-corrected chi connectivity index (χ0v) is 17.9. The first-order chi connectivity index (χ1) is 15.0. The first-order valence-corrected chi connectivity index (χ1v) is 11.4. The van der Waals surface area contributed by atoms with Crippen LogP contribution in [0, 0.1) is 29.4 Å². The quantitative estimate of drug-likeness (QED) is 0.273. The number of carbonyl (C=O) groups is 1. The van der Waals surface area contributed by atoms with Gasteiger partial charge in [0.15, 0.2) is 0 Å². The number of fused-ring (bicyclic) bond motifs is 1. The molecule has 0 N–H and O–H groups in total. The lowest BCUT2D eigenvalue weighted by atomic mass is 9.63. The Bertz CT molecular complexity index is 921. The van der Waals surface area contributed by atoms with Gasteiger partial charge in [0, 0.05) is 0 Å². The highest BCUT2D eigenvalue weighted by Gasteiger charge is 2.36. The number of benzene rings is 2. The van der Waals surface area contributed by atoms with Crippen molar-refractivity contribution < 1.29 is 18.3 Å². The van der Waals surface area contributed by atoms with Crippen molar-refractivity contribution in [1.29, 1.82) is 0 Å². The molecule has 0 radical (unpaired) electrons. The molecule has 2 aliphatic carbocycles. The maximum Gasteiger partial charge on any atom is 0.343 e. The van der Waals surface area contributed by atoms with Gasteiger partial charge >= 0.3 is 5.97 Å². The van der Waals surface area contributed by atoms with Gasteiger partial charge in [0.1, 0.15) is 17.4 Å². The Kier molecular flexibility index (Phi) is 6.84. The molecule has 0 aromatic heterocycles. The van der Waals surface area contributed by atoms with Crippen LogP contribution in [0.4, 0.5) is 8.78 Å². The molecule has 2 aromatic carbocycles. The zero-order valence-electron chi connectivity index (χ0n) is 17.9. The van der Waals surface area contributed by atoms with E-state index in [4.69, 9.17) is 4.74 Å². The largest absolute Gasteiger partial charge is 0.423 e. The van der Waals surface area contributed by atoms with Crippen LogP contribution in [-0.4, -0.2) is 5.97 Å². The molecule has 2 nitrogen and oxygen atoms in total. The van der Waals surface area contributed by atoms with Gasteiger partial charge in [-0.1, -0.05) is 18.6 Å². The Labute approximate surface area is 183 Å². The molecular weight excluding hydrogens is 394 g/mol. The Morgan fingerprint density at radius 1 is 1.00 bits per heavy atom. The van der Waals surface area contributed by atoms with Gasteiger partial charge in [-0.05, 0) is 111 Å². The topological polar surface area (TPSA) is 26.3 Å². The molecule has 2 saturated carbocycles. The van der Waals surface area contributed by atoms with Crippen LogP contribution >= 0.6 is 0 Å². The third-order valence-electron chi connectivity index (χ3n) is 7.20. The third-order valence-corrected chi connectivity index (χ3v) is 7.20. The smallest absolute Gasteiger partial charge is 0.343 e. The van der Waals surface area contributed by atoms with Gasteiger partial charge in [0.25, 0.3) is 0 Å². The van der Waals surface area contributed by atoms with E-state index in [1.165, 1.54) is 56.0 Å². The van der Waals surface area contributed by atoms with E-state index in [1.54, 1.807) is 12.1 Å². The number of esters is 1. The standard InChI is InChI=1S/C27H30F2O2/c1-2-3-4-18-5-6-20-16-21(8-7-19(20)15-18)25-14-9-22(17-26(25)29)27(30)31-24-12-10-23(28)11-13-24/h2,9-14,17-21H,1,3-8,15-16H2. The molecule has 0 saturated heterocycles. The highest BCUT2D eigenvalue weighted by Crippen LogP contribution is 2.48. The lowest BCUT2D eigenvalue weighted by Crippen LogP contribution is -2.30. The summed E-state index contributed by atoms with van der Waals surface area (Å²) in [5.41, 5.74) is 0.882. The molecule has 2 aromatic rings. The van der Waals surface area contributed by atoms with E-state index in [-0.39, 0.29) is 23.0 Å². The molecule has 164 valence electrons. The van der Waals surface area contributed by atoms with Crippen molar-refractivity contribution in [2.45, 2.75) is 57.3 Å². The minimum absolute atomic E-state index is 0.169. The van der Waals surface area contributed by atoms with Crippen LogP contribution in [0.2, 0.25) is 0 Å². The molecule has 0 heterocycles. The predicted molar refractivity (Wildman–Crippen MR) is 118 cm³/mol. The number of halogens is 2. The molecule has 4 rings (SSSR count). The number of hydrogen-bond acceptors (Lipinski definition) is 2. The summed E-state index contributed by atoms with van der Waals surface area (Å²) in [7, 11) is 0. The Balaban J connectivity index is 1.38. The van der Waals surface area contributed by atoms with Crippen molar-refractivity contribution in [3.05, 3.63) is 77.9 Å². The van der Waals surface area contributed by atoms with E-state index in [1.807, 2.05) is 6.08 Å². The van der Waals surface area contributed by atoms with Crippen LogP contribution < -0.4 is 4.74 Å². The van der Waals surface area contributed by atoms with Crippen LogP contribution in [0.25, 0.3) is 0 Å². The molecule has 0 amide bonds. The molecule has 2 aliphatic rings. The second-order valence-corrected chi connectivity index (χ2v) is 9.15. The summed E-state index contributed by atoms with van der Waals surface area (Å²) in [6, 6.07) is 9.86. The van der Waals surface area contributed by atoms with Crippen LogP contribution in [-0.2, 0) is 0 Å². The number of allylic oxidation sites excluding steroid dienone is 1. The van der Waals surface area contributed by atoms with E-state index in [9.17, 15) is 13.6 Å². The van der Waals surface area contributed by atoms with Crippen LogP contribution in [0.5, 0.6) is 5.75 Å². The van der Waals surface area contributed by atoms with Gasteiger partial charge in [-0.3, -0.25) is 0 Å². The highest BCUT2D eigenvalue weighted by atomic mass is 19.1. The molecule has 4 unspecified atom stereocenters. The fourth-order valence-corrected chi connectivity index (χ4v) is 5.54. The second-order valence-electron chi connectivity index (χ2n) is 9.15. The number of carbonyl (C=O) groups excluding carboxylic acids is 1. The molecule has 0 spiro atoms. The number of hydrogen-bond donors (Lipinski definition) is 0. The molecular formula is C27H30F2O2. The fourth-order valence-electron chi connectivity index (χ4n) is 5.54. The summed E-state index contributed by atoms with van der Waals surface area (Å²) in [6.07, 6.45) is 11.4. The Hall–Kier alpha value is -2.49. The van der Waals surface area contributed by atoms with E-state index in [0.717, 1.165) is 37.5 Å². The lowest BCUT2D eigenvalue weighted by molar-refractivity contribution is 0.0734. The van der Waals surface area contributed by atoms with Gasteiger partial charge in [0.2, 0.25) is 0 Å². The number of rotatable bonds is 6. The van der Waals surface area contributed by atoms with Crippen LogP contribution in [0.3, 0.4) is 0 Å². The van der Waals surface area contributed by atoms with Crippen LogP contribution in [0.1, 0.15) is 73.2 Å². The second kappa shape index (κ2) is 9.76. The van der Waals surface area contributed by atoms with Gasteiger partial charge in [-0.25, -0.2) is 13.6 Å². The van der Waals surface area contributed by atoms with E-state index in [2.05, 4.69) is 6.58 Å². The van der Waals surface area contributed by atoms with Gasteiger partial charge in [-0.15, -0.1) is 6.58 Å². The van der Waals surface area contributed by atoms with Crippen molar-refractivity contribution in [1.82, 2.24) is 0 Å². The normalized spacial score (nSPS) is 25.5. The minimum atomic E-state index is -0.640. The SMILES string of the molecule is C=CCCC1CCC2CC(c3ccc(C(=O)Oc4ccc(F)cc4)cc3F)CCC2C1. The molecule has 2 fully saturated rings. The van der Waals surface area contributed by atoms with Crippen molar-refractivity contribution in [3.63, 3.8) is 0 Å².